The van der Waals surface area contributed by atoms with E-state index in [1.165, 1.54) is 0 Å². The minimum Gasteiger partial charge on any atom is -0.229 e. The maximum atomic E-state index is 12.4. The monoisotopic (exact) mass is 428 g/mol. The van der Waals surface area contributed by atoms with E-state index < -0.39 is 19.7 Å². The van der Waals surface area contributed by atoms with Gasteiger partial charge < -0.3 is 0 Å². The highest BCUT2D eigenvalue weighted by atomic mass is 127. The van der Waals surface area contributed by atoms with E-state index in [-0.39, 0.29) is 34.0 Å². The van der Waals surface area contributed by atoms with Crippen LogP contribution in [0, 0.1) is 18.8 Å². The van der Waals surface area contributed by atoms with E-state index >= 15 is 0 Å². The van der Waals surface area contributed by atoms with Crippen LogP contribution in [0.5, 0.6) is 0 Å². The van der Waals surface area contributed by atoms with Crippen molar-refractivity contribution in [3.63, 3.8) is 0 Å². The van der Waals surface area contributed by atoms with Crippen molar-refractivity contribution in [1.82, 2.24) is 0 Å². The Morgan fingerprint density at radius 2 is 1.70 bits per heavy atom. The van der Waals surface area contributed by atoms with E-state index in [2.05, 4.69) is 22.6 Å². The van der Waals surface area contributed by atoms with Crippen molar-refractivity contribution in [2.24, 2.45) is 11.8 Å². The van der Waals surface area contributed by atoms with Crippen molar-refractivity contribution < 1.29 is 16.8 Å². The molecule has 0 aromatic heterocycles. The van der Waals surface area contributed by atoms with Crippen molar-refractivity contribution >= 4 is 42.3 Å². The predicted molar refractivity (Wildman–Crippen MR) is 87.8 cm³/mol. The largest absolute Gasteiger partial charge is 0.229 e. The van der Waals surface area contributed by atoms with Crippen LogP contribution in [0.25, 0.3) is 0 Å². The van der Waals surface area contributed by atoms with Crippen LogP contribution in [-0.4, -0.2) is 38.5 Å². The zero-order valence-electron chi connectivity index (χ0n) is 11.1. The second-order valence-corrected chi connectivity index (χ2v) is 10.4. The van der Waals surface area contributed by atoms with Gasteiger partial charge in [-0.2, -0.15) is 0 Å². The van der Waals surface area contributed by atoms with Crippen molar-refractivity contribution in [1.29, 1.82) is 0 Å². The summed E-state index contributed by atoms with van der Waals surface area (Å²) in [6, 6.07) is 6.70. The predicted octanol–water partition coefficient (Wildman–Crippen LogP) is 1.86. The number of aryl methyl sites for hydroxylation is 1. The van der Waals surface area contributed by atoms with E-state index in [1.54, 1.807) is 24.3 Å². The van der Waals surface area contributed by atoms with Gasteiger partial charge in [0.05, 0.1) is 22.2 Å². The molecule has 1 aromatic carbocycles. The van der Waals surface area contributed by atoms with Crippen LogP contribution in [0.3, 0.4) is 0 Å². The summed E-state index contributed by atoms with van der Waals surface area (Å²) in [7, 11) is -6.51. The topological polar surface area (TPSA) is 68.3 Å². The van der Waals surface area contributed by atoms with Crippen LogP contribution in [0.2, 0.25) is 0 Å². The fraction of sp³-hybridized carbons (Fsp3) is 0.538. The van der Waals surface area contributed by atoms with Crippen LogP contribution in [0.1, 0.15) is 5.56 Å². The Bertz CT molecular complexity index is 678. The molecule has 1 aromatic rings. The molecule has 1 aliphatic rings. The van der Waals surface area contributed by atoms with E-state index in [1.807, 2.05) is 6.92 Å². The maximum absolute atomic E-state index is 12.4. The summed E-state index contributed by atoms with van der Waals surface area (Å²) in [6.45, 7) is 1.89. The van der Waals surface area contributed by atoms with Crippen molar-refractivity contribution in [3.05, 3.63) is 29.8 Å². The molecule has 0 aliphatic carbocycles. The molecule has 0 spiro atoms. The number of halogens is 1. The van der Waals surface area contributed by atoms with Gasteiger partial charge >= 0.3 is 0 Å². The lowest BCUT2D eigenvalue weighted by Crippen LogP contribution is -2.23. The van der Waals surface area contributed by atoms with Gasteiger partial charge in [-0.25, -0.2) is 16.8 Å². The molecular weight excluding hydrogens is 411 g/mol. The number of alkyl halides is 1. The van der Waals surface area contributed by atoms with Crippen LogP contribution >= 0.6 is 22.6 Å². The van der Waals surface area contributed by atoms with Gasteiger partial charge in [-0.05, 0) is 30.9 Å². The van der Waals surface area contributed by atoms with Gasteiger partial charge in [0.1, 0.15) is 0 Å². The molecule has 2 rings (SSSR count). The Morgan fingerprint density at radius 1 is 1.15 bits per heavy atom. The summed E-state index contributed by atoms with van der Waals surface area (Å²) >= 11 is 2.13. The van der Waals surface area contributed by atoms with Crippen LogP contribution in [0.15, 0.2) is 29.2 Å². The Hall–Kier alpha value is -0.150. The first kappa shape index (κ1) is 16.2. The highest BCUT2D eigenvalue weighted by Gasteiger charge is 2.39. The molecule has 0 amide bonds. The van der Waals surface area contributed by atoms with Gasteiger partial charge in [0, 0.05) is 4.43 Å². The number of sulfone groups is 2. The third kappa shape index (κ3) is 3.73. The van der Waals surface area contributed by atoms with Gasteiger partial charge in [0.15, 0.2) is 19.7 Å². The van der Waals surface area contributed by atoms with E-state index in [4.69, 9.17) is 0 Å². The molecule has 0 saturated carbocycles. The molecule has 0 radical (unpaired) electrons. The minimum atomic E-state index is -3.42. The van der Waals surface area contributed by atoms with E-state index in [0.29, 0.717) is 4.43 Å². The smallest absolute Gasteiger partial charge is 0.178 e. The fourth-order valence-electron chi connectivity index (χ4n) is 2.47. The van der Waals surface area contributed by atoms with Crippen LogP contribution < -0.4 is 0 Å². The Labute approximate surface area is 133 Å². The van der Waals surface area contributed by atoms with E-state index in [0.717, 1.165) is 5.56 Å². The molecule has 20 heavy (non-hydrogen) atoms. The average molecular weight is 428 g/mol. The number of rotatable bonds is 4. The first-order valence-corrected chi connectivity index (χ1v) is 11.3. The molecule has 0 N–H and O–H groups in total. The lowest BCUT2D eigenvalue weighted by atomic mass is 10.0. The molecule has 1 heterocycles. The normalized spacial score (nSPS) is 25.7. The third-order valence-electron chi connectivity index (χ3n) is 3.61. The molecule has 1 aliphatic heterocycles. The van der Waals surface area contributed by atoms with Gasteiger partial charge in [-0.1, -0.05) is 40.3 Å². The Morgan fingerprint density at radius 3 is 2.25 bits per heavy atom. The van der Waals surface area contributed by atoms with Gasteiger partial charge in [0.25, 0.3) is 0 Å². The van der Waals surface area contributed by atoms with Crippen LogP contribution in [-0.2, 0) is 19.7 Å². The molecule has 4 nitrogen and oxygen atoms in total. The molecule has 7 heteroatoms. The Kier molecular flexibility index (Phi) is 4.80. The first-order valence-electron chi connectivity index (χ1n) is 6.29. The summed E-state index contributed by atoms with van der Waals surface area (Å²) in [4.78, 5) is 0.277. The SMILES string of the molecule is Cc1ccc(S(=O)(=O)C[C@@H]2CS(=O)(=O)C[C@@H]2CI)cc1. The van der Waals surface area contributed by atoms with Crippen molar-refractivity contribution in [2.75, 3.05) is 21.7 Å². The van der Waals surface area contributed by atoms with E-state index in [9.17, 15) is 16.8 Å². The van der Waals surface area contributed by atoms with Gasteiger partial charge in [-0.3, -0.25) is 0 Å². The first-order chi connectivity index (χ1) is 9.23. The molecule has 112 valence electrons. The number of hydrogen-bond donors (Lipinski definition) is 0. The van der Waals surface area contributed by atoms with Crippen molar-refractivity contribution in [3.8, 4) is 0 Å². The zero-order valence-corrected chi connectivity index (χ0v) is 14.9. The summed E-state index contributed by atoms with van der Waals surface area (Å²) in [5.41, 5.74) is 0.998. The standard InChI is InChI=1S/C13H17IO4S2/c1-10-2-4-13(5-3-10)20(17,18)9-12-8-19(15,16)7-11(12)6-14/h2-5,11-12H,6-9H2,1H3/t11-,12-/m0/s1. The Balaban J connectivity index is 2.22. The quantitative estimate of drug-likeness (QED) is 0.543. The highest BCUT2D eigenvalue weighted by molar-refractivity contribution is 14.1. The van der Waals surface area contributed by atoms with Crippen molar-refractivity contribution in [2.45, 2.75) is 11.8 Å². The van der Waals surface area contributed by atoms with Gasteiger partial charge in [-0.15, -0.1) is 0 Å². The summed E-state index contributed by atoms with van der Waals surface area (Å²) in [5, 5.41) is 0. The zero-order chi connectivity index (χ0) is 15.0. The highest BCUT2D eigenvalue weighted by Crippen LogP contribution is 2.30. The minimum absolute atomic E-state index is 0.00817. The fourth-order valence-corrected chi connectivity index (χ4v) is 7.99. The third-order valence-corrected chi connectivity index (χ3v) is 8.48. The molecule has 0 bridgehead atoms. The van der Waals surface area contributed by atoms with Crippen LogP contribution in [0.4, 0.5) is 0 Å². The molecule has 0 unspecified atom stereocenters. The average Bonchev–Trinajstić information content (AvgIpc) is 2.63. The molecular formula is C13H17IO4S2. The van der Waals surface area contributed by atoms with Gasteiger partial charge in [0.2, 0.25) is 0 Å². The summed E-state index contributed by atoms with van der Waals surface area (Å²) in [5.74, 6) is -0.317. The second kappa shape index (κ2) is 5.92. The molecule has 1 fully saturated rings. The summed E-state index contributed by atoms with van der Waals surface area (Å²) < 4.78 is 48.8. The number of benzene rings is 1. The lowest BCUT2D eigenvalue weighted by Gasteiger charge is -2.15. The summed E-state index contributed by atoms with van der Waals surface area (Å²) in [6.07, 6.45) is 0. The molecule has 2 atom stereocenters. The second-order valence-electron chi connectivity index (χ2n) is 5.35. The maximum Gasteiger partial charge on any atom is 0.178 e. The lowest BCUT2D eigenvalue weighted by molar-refractivity contribution is 0.497. The molecule has 1 saturated heterocycles. The number of hydrogen-bond acceptors (Lipinski definition) is 4.